The first-order chi connectivity index (χ1) is 11.3. The van der Waals surface area contributed by atoms with Crippen molar-refractivity contribution in [1.82, 2.24) is 9.80 Å². The number of hydrogen-bond donors (Lipinski definition) is 0. The Morgan fingerprint density at radius 3 is 2.29 bits per heavy atom. The van der Waals surface area contributed by atoms with Gasteiger partial charge in [-0.2, -0.15) is 8.42 Å². The van der Waals surface area contributed by atoms with Gasteiger partial charge in [-0.3, -0.25) is 0 Å². The van der Waals surface area contributed by atoms with Crippen LogP contribution in [0.25, 0.3) is 4.91 Å². The summed E-state index contributed by atoms with van der Waals surface area (Å²) in [4.78, 5) is 4.83. The lowest BCUT2D eigenvalue weighted by atomic mass is 10.0. The molecule has 1 saturated heterocycles. The Balaban J connectivity index is 1.96. The maximum absolute atomic E-state index is 12.7. The van der Waals surface area contributed by atoms with Crippen LogP contribution in [0, 0.1) is 13.8 Å². The molecule has 1 aromatic carbocycles. The maximum Gasteiger partial charge on any atom is 0.285 e. The second-order valence-electron chi connectivity index (χ2n) is 6.56. The summed E-state index contributed by atoms with van der Waals surface area (Å²) in [6.07, 6.45) is 0. The van der Waals surface area contributed by atoms with Crippen LogP contribution in [0.3, 0.4) is 0 Å². The molecule has 0 aromatic heterocycles. The number of benzene rings is 1. The van der Waals surface area contributed by atoms with E-state index < -0.39 is 10.0 Å². The smallest absolute Gasteiger partial charge is 0.285 e. The minimum Gasteiger partial charge on any atom is -0.353 e. The molecule has 0 bridgehead atoms. The highest BCUT2D eigenvalue weighted by Crippen LogP contribution is 2.34. The Kier molecular flexibility index (Phi) is 4.53. The van der Waals surface area contributed by atoms with E-state index in [-0.39, 0.29) is 0 Å². The van der Waals surface area contributed by atoms with Crippen LogP contribution in [0.5, 0.6) is 0 Å². The minimum atomic E-state index is -3.62. The molecule has 6 heteroatoms. The van der Waals surface area contributed by atoms with Gasteiger partial charge in [-0.15, -0.1) is 4.40 Å². The van der Waals surface area contributed by atoms with Crippen LogP contribution in [-0.4, -0.2) is 56.8 Å². The first kappa shape index (κ1) is 17.2. The molecule has 3 rings (SSSR count). The third kappa shape index (κ3) is 3.00. The fourth-order valence-corrected chi connectivity index (χ4v) is 4.82. The summed E-state index contributed by atoms with van der Waals surface area (Å²) in [5, 5.41) is 0. The van der Waals surface area contributed by atoms with Crippen LogP contribution < -0.4 is 0 Å². The molecule has 0 saturated carbocycles. The zero-order valence-electron chi connectivity index (χ0n) is 14.8. The summed E-state index contributed by atoms with van der Waals surface area (Å²) in [5.41, 5.74) is 3.75. The van der Waals surface area contributed by atoms with Crippen molar-refractivity contribution in [2.75, 3.05) is 32.7 Å². The number of likely N-dealkylation sites (N-methyl/N-ethyl adjacent to an activating group) is 1. The van der Waals surface area contributed by atoms with Gasteiger partial charge in [0.2, 0.25) is 0 Å². The van der Waals surface area contributed by atoms with Gasteiger partial charge in [0.15, 0.2) is 0 Å². The molecule has 1 fully saturated rings. The fraction of sp³-hybridized carbons (Fsp3) is 0.500. The summed E-state index contributed by atoms with van der Waals surface area (Å²) in [6, 6.07) is 5.80. The molecule has 0 N–H and O–H groups in total. The van der Waals surface area contributed by atoms with E-state index >= 15 is 0 Å². The van der Waals surface area contributed by atoms with E-state index in [0.29, 0.717) is 10.7 Å². The lowest BCUT2D eigenvalue weighted by molar-refractivity contribution is 0.190. The normalized spacial score (nSPS) is 21.3. The summed E-state index contributed by atoms with van der Waals surface area (Å²) in [6.45, 7) is 12.6. The van der Waals surface area contributed by atoms with Crippen molar-refractivity contribution in [3.8, 4) is 0 Å². The van der Waals surface area contributed by atoms with Crippen LogP contribution >= 0.6 is 0 Å². The fourth-order valence-electron chi connectivity index (χ4n) is 3.34. The molecule has 0 spiro atoms. The van der Waals surface area contributed by atoms with E-state index in [0.717, 1.165) is 55.0 Å². The predicted molar refractivity (Wildman–Crippen MR) is 98.6 cm³/mol. The first-order valence-electron chi connectivity index (χ1n) is 8.44. The Hall–Kier alpha value is -1.66. The van der Waals surface area contributed by atoms with E-state index in [4.69, 9.17) is 0 Å². The van der Waals surface area contributed by atoms with Crippen molar-refractivity contribution in [2.45, 2.75) is 27.7 Å². The van der Waals surface area contributed by atoms with Crippen LogP contribution in [0.4, 0.5) is 0 Å². The monoisotopic (exact) mass is 347 g/mol. The largest absolute Gasteiger partial charge is 0.353 e. The number of nitrogens with zero attached hydrogens (tertiary/aromatic N) is 3. The number of amidine groups is 1. The highest BCUT2D eigenvalue weighted by molar-refractivity contribution is 8.00. The van der Waals surface area contributed by atoms with E-state index in [1.54, 1.807) is 0 Å². The van der Waals surface area contributed by atoms with Gasteiger partial charge < -0.3 is 9.80 Å². The third-order valence-corrected chi connectivity index (χ3v) is 6.50. The minimum absolute atomic E-state index is 0.360. The number of piperazine rings is 1. The molecule has 2 aliphatic heterocycles. The first-order valence-corrected chi connectivity index (χ1v) is 9.88. The molecular weight excluding hydrogens is 322 g/mol. The summed E-state index contributed by atoms with van der Waals surface area (Å²) in [5.74, 6) is 0.624. The van der Waals surface area contributed by atoms with Crippen molar-refractivity contribution in [2.24, 2.45) is 4.40 Å². The zero-order chi connectivity index (χ0) is 17.5. The average molecular weight is 347 g/mol. The predicted octanol–water partition coefficient (Wildman–Crippen LogP) is 2.41. The summed E-state index contributed by atoms with van der Waals surface area (Å²) < 4.78 is 29.4. The Labute approximate surface area is 144 Å². The Morgan fingerprint density at radius 1 is 1.04 bits per heavy atom. The molecule has 130 valence electrons. The second kappa shape index (κ2) is 6.33. The van der Waals surface area contributed by atoms with Gasteiger partial charge in [0.05, 0.1) is 0 Å². The summed E-state index contributed by atoms with van der Waals surface area (Å²) >= 11 is 0. The molecular formula is C18H25N3O2S. The molecule has 0 amide bonds. The highest BCUT2D eigenvalue weighted by Gasteiger charge is 2.34. The van der Waals surface area contributed by atoms with Gasteiger partial charge in [-0.05, 0) is 44.0 Å². The van der Waals surface area contributed by atoms with Gasteiger partial charge >= 0.3 is 0 Å². The molecule has 5 nitrogen and oxygen atoms in total. The van der Waals surface area contributed by atoms with Crippen LogP contribution in [0.2, 0.25) is 0 Å². The van der Waals surface area contributed by atoms with E-state index in [1.165, 1.54) is 0 Å². The van der Waals surface area contributed by atoms with Crippen LogP contribution in [-0.2, 0) is 10.0 Å². The SMILES string of the molecule is CCN1CCN(C2=NS(=O)(=O)C(c3ccc(C)c(C)c3)=C2C)CC1. The number of rotatable bonds is 2. The van der Waals surface area contributed by atoms with E-state index in [1.807, 2.05) is 39.0 Å². The van der Waals surface area contributed by atoms with E-state index in [2.05, 4.69) is 21.1 Å². The van der Waals surface area contributed by atoms with Gasteiger partial charge in [0.1, 0.15) is 10.7 Å². The molecule has 24 heavy (non-hydrogen) atoms. The van der Waals surface area contributed by atoms with Crippen molar-refractivity contribution in [3.63, 3.8) is 0 Å². The Morgan fingerprint density at radius 2 is 1.71 bits per heavy atom. The van der Waals surface area contributed by atoms with Gasteiger partial charge in [0, 0.05) is 31.8 Å². The van der Waals surface area contributed by atoms with Gasteiger partial charge in [-0.25, -0.2) is 0 Å². The number of hydrogen-bond acceptors (Lipinski definition) is 4. The van der Waals surface area contributed by atoms with Crippen molar-refractivity contribution < 1.29 is 8.42 Å². The zero-order valence-corrected chi connectivity index (χ0v) is 15.7. The standard InChI is InChI=1S/C18H25N3O2S/c1-5-20-8-10-21(11-9-20)18-15(4)17(24(22,23)19-18)16-7-6-13(2)14(3)12-16/h6-7,12H,5,8-11H2,1-4H3. The highest BCUT2D eigenvalue weighted by atomic mass is 32.2. The summed E-state index contributed by atoms with van der Waals surface area (Å²) in [7, 11) is -3.62. The van der Waals surface area contributed by atoms with Gasteiger partial charge in [-0.1, -0.05) is 25.1 Å². The topological polar surface area (TPSA) is 53.0 Å². The van der Waals surface area contributed by atoms with Crippen molar-refractivity contribution >= 4 is 20.8 Å². The van der Waals surface area contributed by atoms with E-state index in [9.17, 15) is 8.42 Å². The van der Waals surface area contributed by atoms with Gasteiger partial charge in [0.25, 0.3) is 10.0 Å². The number of aryl methyl sites for hydroxylation is 2. The molecule has 1 aromatic rings. The van der Waals surface area contributed by atoms with Crippen molar-refractivity contribution in [1.29, 1.82) is 0 Å². The molecule has 0 atom stereocenters. The lowest BCUT2D eigenvalue weighted by Gasteiger charge is -2.35. The molecule has 2 aliphatic rings. The molecule has 0 unspecified atom stereocenters. The third-order valence-electron chi connectivity index (χ3n) is 5.03. The van der Waals surface area contributed by atoms with Crippen LogP contribution in [0.1, 0.15) is 30.5 Å². The second-order valence-corrected chi connectivity index (χ2v) is 8.11. The maximum atomic E-state index is 12.7. The quantitative estimate of drug-likeness (QED) is 0.824. The van der Waals surface area contributed by atoms with Crippen molar-refractivity contribution in [3.05, 3.63) is 40.5 Å². The molecule has 2 heterocycles. The molecule has 0 aliphatic carbocycles. The Bertz CT molecular complexity index is 817. The van der Waals surface area contributed by atoms with Crippen LogP contribution in [0.15, 0.2) is 28.2 Å². The lowest BCUT2D eigenvalue weighted by Crippen LogP contribution is -2.48. The number of sulfonamides is 1. The molecule has 0 radical (unpaired) electrons. The average Bonchev–Trinajstić information content (AvgIpc) is 2.80.